The van der Waals surface area contributed by atoms with Crippen LogP contribution in [0, 0.1) is 6.92 Å². The number of urea groups is 1. The summed E-state index contributed by atoms with van der Waals surface area (Å²) in [4.78, 5) is 23.7. The van der Waals surface area contributed by atoms with Gasteiger partial charge in [0.25, 0.3) is 5.91 Å². The van der Waals surface area contributed by atoms with Gasteiger partial charge < -0.3 is 26.4 Å². The van der Waals surface area contributed by atoms with E-state index in [0.717, 1.165) is 0 Å². The number of carbonyl (C=O) groups is 2. The Bertz CT molecular complexity index is 777. The van der Waals surface area contributed by atoms with Crippen LogP contribution in [0.1, 0.15) is 12.5 Å². The highest BCUT2D eigenvalue weighted by Gasteiger charge is 2.24. The minimum Gasteiger partial charge on any atom is -0.490 e. The predicted molar refractivity (Wildman–Crippen MR) is 96.3 cm³/mol. The molecule has 0 spiro atoms. The summed E-state index contributed by atoms with van der Waals surface area (Å²) < 4.78 is 5.62. The molecule has 25 heavy (non-hydrogen) atoms. The highest BCUT2D eigenvalue weighted by atomic mass is 35.5. The lowest BCUT2D eigenvalue weighted by molar-refractivity contribution is -0.118. The topological polar surface area (TPSA) is 105 Å². The second-order valence-electron chi connectivity index (χ2n) is 5.52. The fourth-order valence-electron chi connectivity index (χ4n) is 2.05. The smallest absolute Gasteiger partial charge is 0.323 e. The first-order chi connectivity index (χ1) is 11.7. The number of rotatable bonds is 5. The van der Waals surface area contributed by atoms with Crippen molar-refractivity contribution in [3.8, 4) is 5.75 Å². The maximum Gasteiger partial charge on any atom is 0.323 e. The van der Waals surface area contributed by atoms with Gasteiger partial charge in [0.1, 0.15) is 18.1 Å². The molecule has 1 aromatic rings. The van der Waals surface area contributed by atoms with Gasteiger partial charge in [-0.15, -0.1) is 0 Å². The zero-order valence-electron chi connectivity index (χ0n) is 13.7. The van der Waals surface area contributed by atoms with Crippen LogP contribution in [0.2, 0.25) is 10.0 Å². The molecule has 0 aromatic heterocycles. The van der Waals surface area contributed by atoms with Gasteiger partial charge in [0, 0.05) is 5.02 Å². The molecule has 1 aliphatic heterocycles. The highest BCUT2D eigenvalue weighted by Crippen LogP contribution is 2.32. The summed E-state index contributed by atoms with van der Waals surface area (Å²) >= 11 is 12.2. The number of carbonyl (C=O) groups excluding carboxylic acids is 2. The third-order valence-corrected chi connectivity index (χ3v) is 4.35. The maximum absolute atomic E-state index is 12.3. The van der Waals surface area contributed by atoms with Gasteiger partial charge >= 0.3 is 6.03 Å². The minimum absolute atomic E-state index is 0.0547. The van der Waals surface area contributed by atoms with Gasteiger partial charge in [0.2, 0.25) is 0 Å². The molecule has 1 aliphatic rings. The summed E-state index contributed by atoms with van der Waals surface area (Å²) in [6.45, 7) is 7.25. The number of halogens is 2. The van der Waals surface area contributed by atoms with E-state index in [1.807, 2.05) is 0 Å². The third kappa shape index (κ3) is 4.37. The van der Waals surface area contributed by atoms with Crippen molar-refractivity contribution in [2.24, 2.45) is 5.73 Å². The fraction of sp³-hybridized carbons (Fsp3) is 0.250. The van der Waals surface area contributed by atoms with Gasteiger partial charge in [-0.25, -0.2) is 4.79 Å². The SMILES string of the molecule is C=C1NC(=O)NC(C(=O)N[C@H](C)COc2ccc(Cl)c(C)c2Cl)=C1N. The first kappa shape index (κ1) is 19.0. The largest absolute Gasteiger partial charge is 0.490 e. The van der Waals surface area contributed by atoms with Crippen molar-refractivity contribution in [2.45, 2.75) is 19.9 Å². The second kappa shape index (κ2) is 7.67. The lowest BCUT2D eigenvalue weighted by atomic mass is 10.2. The molecular formula is C16H18Cl2N4O3. The Morgan fingerprint density at radius 2 is 2.08 bits per heavy atom. The highest BCUT2D eigenvalue weighted by molar-refractivity contribution is 6.36. The van der Waals surface area contributed by atoms with Crippen LogP contribution < -0.4 is 26.4 Å². The van der Waals surface area contributed by atoms with Crippen molar-refractivity contribution in [1.29, 1.82) is 0 Å². The normalized spacial score (nSPS) is 15.4. The standard InChI is InChI=1S/C16H18Cl2N4O3/c1-7(6-25-11-5-4-10(17)8(2)12(11)18)20-15(23)14-13(19)9(3)21-16(24)22-14/h4-5,7H,3,6,19H2,1-2H3,(H,20,23)(H2,21,22,24)/t7-/m1/s1. The molecule has 7 nitrogen and oxygen atoms in total. The Hall–Kier alpha value is -2.38. The number of nitrogens with two attached hydrogens (primary N) is 1. The molecule has 0 aliphatic carbocycles. The zero-order valence-corrected chi connectivity index (χ0v) is 15.2. The van der Waals surface area contributed by atoms with Gasteiger partial charge in [-0.05, 0) is 31.5 Å². The van der Waals surface area contributed by atoms with Crippen LogP contribution >= 0.6 is 23.2 Å². The van der Waals surface area contributed by atoms with Gasteiger partial charge in [-0.1, -0.05) is 29.8 Å². The van der Waals surface area contributed by atoms with Crippen LogP contribution in [-0.2, 0) is 4.79 Å². The number of hydrogen-bond acceptors (Lipinski definition) is 4. The van der Waals surface area contributed by atoms with Crippen molar-refractivity contribution in [2.75, 3.05) is 6.61 Å². The molecule has 3 amide bonds. The lowest BCUT2D eigenvalue weighted by Crippen LogP contribution is -2.49. The molecule has 5 N–H and O–H groups in total. The molecular weight excluding hydrogens is 367 g/mol. The average Bonchev–Trinajstić information content (AvgIpc) is 2.55. The van der Waals surface area contributed by atoms with Crippen LogP contribution in [0.5, 0.6) is 5.75 Å². The van der Waals surface area contributed by atoms with E-state index >= 15 is 0 Å². The Balaban J connectivity index is 1.99. The van der Waals surface area contributed by atoms with Crippen LogP contribution in [0.4, 0.5) is 4.79 Å². The molecule has 0 saturated heterocycles. The second-order valence-corrected chi connectivity index (χ2v) is 6.30. The minimum atomic E-state index is -0.573. The molecule has 0 radical (unpaired) electrons. The Morgan fingerprint density at radius 3 is 2.76 bits per heavy atom. The first-order valence-corrected chi connectivity index (χ1v) is 8.11. The molecule has 0 unspecified atom stereocenters. The number of nitrogens with one attached hydrogen (secondary N) is 3. The number of amides is 3. The van der Waals surface area contributed by atoms with Gasteiger partial charge in [-0.2, -0.15) is 0 Å². The monoisotopic (exact) mass is 384 g/mol. The van der Waals surface area contributed by atoms with Gasteiger partial charge in [0.05, 0.1) is 22.5 Å². The Morgan fingerprint density at radius 1 is 1.40 bits per heavy atom. The maximum atomic E-state index is 12.3. The van der Waals surface area contributed by atoms with E-state index in [2.05, 4.69) is 22.5 Å². The Labute approximate surface area is 155 Å². The van der Waals surface area contributed by atoms with Crippen molar-refractivity contribution in [1.82, 2.24) is 16.0 Å². The molecule has 1 aromatic carbocycles. The summed E-state index contributed by atoms with van der Waals surface area (Å²) in [7, 11) is 0. The van der Waals surface area contributed by atoms with Crippen LogP contribution in [-0.4, -0.2) is 24.6 Å². The van der Waals surface area contributed by atoms with E-state index in [9.17, 15) is 9.59 Å². The van der Waals surface area contributed by atoms with Crippen molar-refractivity contribution in [3.05, 3.63) is 51.4 Å². The van der Waals surface area contributed by atoms with Gasteiger partial charge in [-0.3, -0.25) is 4.79 Å². The molecule has 0 fully saturated rings. The predicted octanol–water partition coefficient (Wildman–Crippen LogP) is 2.18. The van der Waals surface area contributed by atoms with E-state index in [1.165, 1.54) is 0 Å². The summed E-state index contributed by atoms with van der Waals surface area (Å²) in [6.07, 6.45) is 0. The van der Waals surface area contributed by atoms with Crippen LogP contribution in [0.3, 0.4) is 0 Å². The Kier molecular flexibility index (Phi) is 5.81. The molecule has 1 heterocycles. The van der Waals surface area contributed by atoms with Crippen molar-refractivity contribution >= 4 is 35.1 Å². The zero-order chi connectivity index (χ0) is 18.7. The van der Waals surface area contributed by atoms with E-state index < -0.39 is 11.9 Å². The summed E-state index contributed by atoms with van der Waals surface area (Å²) in [5.41, 5.74) is 6.66. The quantitative estimate of drug-likeness (QED) is 0.624. The molecule has 134 valence electrons. The first-order valence-electron chi connectivity index (χ1n) is 7.36. The fourth-order valence-corrected chi connectivity index (χ4v) is 2.47. The molecule has 0 bridgehead atoms. The summed E-state index contributed by atoms with van der Waals surface area (Å²) in [6, 6.07) is 2.39. The van der Waals surface area contributed by atoms with Crippen molar-refractivity contribution < 1.29 is 14.3 Å². The van der Waals surface area contributed by atoms with Crippen molar-refractivity contribution in [3.63, 3.8) is 0 Å². The lowest BCUT2D eigenvalue weighted by Gasteiger charge is -2.22. The van der Waals surface area contributed by atoms with Crippen LogP contribution in [0.15, 0.2) is 35.8 Å². The molecule has 0 saturated carbocycles. The summed E-state index contributed by atoms with van der Waals surface area (Å²) in [5.74, 6) is -0.0741. The van der Waals surface area contributed by atoms with E-state index in [4.69, 9.17) is 33.7 Å². The molecule has 9 heteroatoms. The van der Waals surface area contributed by atoms with Gasteiger partial charge in [0.15, 0.2) is 0 Å². The molecule has 2 rings (SSSR count). The third-order valence-electron chi connectivity index (χ3n) is 3.48. The average molecular weight is 385 g/mol. The van der Waals surface area contributed by atoms with E-state index in [-0.39, 0.29) is 29.7 Å². The van der Waals surface area contributed by atoms with E-state index in [0.29, 0.717) is 21.4 Å². The summed E-state index contributed by atoms with van der Waals surface area (Å²) in [5, 5.41) is 8.37. The van der Waals surface area contributed by atoms with Crippen LogP contribution in [0.25, 0.3) is 0 Å². The number of ether oxygens (including phenoxy) is 1. The molecule has 1 atom stereocenters. The number of hydrogen-bond donors (Lipinski definition) is 4. The van der Waals surface area contributed by atoms with E-state index in [1.54, 1.807) is 26.0 Å². The number of benzene rings is 1.